The number of hydrogen-bond acceptors (Lipinski definition) is 4. The summed E-state index contributed by atoms with van der Waals surface area (Å²) < 4.78 is 7.54. The van der Waals surface area contributed by atoms with Gasteiger partial charge >= 0.3 is 0 Å². The fourth-order valence-corrected chi connectivity index (χ4v) is 3.46. The molecule has 0 fully saturated rings. The number of rotatable bonds is 6. The zero-order valence-corrected chi connectivity index (χ0v) is 18.8. The number of nitrogens with one attached hydrogen (secondary N) is 1. The van der Waals surface area contributed by atoms with Crippen LogP contribution in [0.5, 0.6) is 11.5 Å². The predicted octanol–water partition coefficient (Wildman–Crippen LogP) is 6.04. The summed E-state index contributed by atoms with van der Waals surface area (Å²) in [6.07, 6.45) is 1.50. The van der Waals surface area contributed by atoms with Crippen LogP contribution in [0.2, 0.25) is 0 Å². The molecule has 2 N–H and O–H groups in total. The van der Waals surface area contributed by atoms with Crippen molar-refractivity contribution in [2.45, 2.75) is 6.61 Å². The van der Waals surface area contributed by atoms with Crippen molar-refractivity contribution in [3.05, 3.63) is 92.4 Å². The van der Waals surface area contributed by atoms with Crippen molar-refractivity contribution in [1.29, 1.82) is 5.26 Å². The molecule has 0 bridgehead atoms. The first-order valence-electron chi connectivity index (χ1n) is 8.84. The molecule has 0 unspecified atom stereocenters. The standard InChI is InChI=1S/C23H16Br2N2O3/c24-20-4-2-1-3-16(20)14-30-22-10-5-15(12-21(22)25)11-17(13-26)23(29)27-18-6-8-19(28)9-7-18/h1-12,28H,14H2,(H,27,29)/b17-11+. The SMILES string of the molecule is N#C/C(=C\c1ccc(OCc2ccccc2Br)c(Br)c1)C(=O)Nc1ccc(O)cc1. The van der Waals surface area contributed by atoms with E-state index in [0.29, 0.717) is 28.1 Å². The highest BCUT2D eigenvalue weighted by atomic mass is 79.9. The molecule has 150 valence electrons. The highest BCUT2D eigenvalue weighted by Gasteiger charge is 2.11. The van der Waals surface area contributed by atoms with Crippen molar-refractivity contribution in [1.82, 2.24) is 0 Å². The van der Waals surface area contributed by atoms with E-state index in [2.05, 4.69) is 37.2 Å². The number of halogens is 2. The van der Waals surface area contributed by atoms with Crippen LogP contribution >= 0.6 is 31.9 Å². The maximum atomic E-state index is 12.4. The molecule has 0 heterocycles. The fourth-order valence-electron chi connectivity index (χ4n) is 2.55. The summed E-state index contributed by atoms with van der Waals surface area (Å²) in [5, 5.41) is 21.3. The summed E-state index contributed by atoms with van der Waals surface area (Å²) in [6, 6.07) is 21.1. The minimum Gasteiger partial charge on any atom is -0.508 e. The predicted molar refractivity (Wildman–Crippen MR) is 123 cm³/mol. The molecule has 0 spiro atoms. The molecule has 30 heavy (non-hydrogen) atoms. The molecule has 0 saturated heterocycles. The number of benzene rings is 3. The molecule has 0 atom stereocenters. The van der Waals surface area contributed by atoms with Crippen molar-refractivity contribution in [3.8, 4) is 17.6 Å². The monoisotopic (exact) mass is 526 g/mol. The normalized spacial score (nSPS) is 10.9. The first kappa shape index (κ1) is 21.6. The third kappa shape index (κ3) is 5.72. The highest BCUT2D eigenvalue weighted by Crippen LogP contribution is 2.28. The van der Waals surface area contributed by atoms with Crippen LogP contribution in [0.15, 0.2) is 81.2 Å². The molecule has 0 aliphatic rings. The van der Waals surface area contributed by atoms with Gasteiger partial charge in [0.2, 0.25) is 0 Å². The molecule has 0 saturated carbocycles. The number of aromatic hydroxyl groups is 1. The van der Waals surface area contributed by atoms with Crippen molar-refractivity contribution in [2.24, 2.45) is 0 Å². The Labute approximate surface area is 190 Å². The number of carbonyl (C=O) groups is 1. The number of hydrogen-bond donors (Lipinski definition) is 2. The summed E-state index contributed by atoms with van der Waals surface area (Å²) in [5.74, 6) is 0.208. The molecule has 5 nitrogen and oxygen atoms in total. The average Bonchev–Trinajstić information content (AvgIpc) is 2.74. The van der Waals surface area contributed by atoms with Crippen LogP contribution in [0.25, 0.3) is 6.08 Å². The molecule has 7 heteroatoms. The minimum atomic E-state index is -0.534. The van der Waals surface area contributed by atoms with E-state index in [1.165, 1.54) is 18.2 Å². The molecule has 0 aromatic heterocycles. The number of phenols is 1. The average molecular weight is 528 g/mol. The van der Waals surface area contributed by atoms with Crippen LogP contribution in [0.4, 0.5) is 5.69 Å². The zero-order valence-electron chi connectivity index (χ0n) is 15.6. The largest absolute Gasteiger partial charge is 0.508 e. The summed E-state index contributed by atoms with van der Waals surface area (Å²) in [5.41, 5.74) is 2.13. The summed E-state index contributed by atoms with van der Waals surface area (Å²) in [4.78, 5) is 12.4. The molecule has 0 aliphatic heterocycles. The molecular formula is C23H16Br2N2O3. The lowest BCUT2D eigenvalue weighted by molar-refractivity contribution is -0.112. The van der Waals surface area contributed by atoms with E-state index in [-0.39, 0.29) is 11.3 Å². The van der Waals surface area contributed by atoms with Gasteiger partial charge in [0, 0.05) is 15.7 Å². The lowest BCUT2D eigenvalue weighted by Gasteiger charge is -2.10. The number of phenolic OH excluding ortho intramolecular Hbond substituents is 1. The third-order valence-electron chi connectivity index (χ3n) is 4.10. The van der Waals surface area contributed by atoms with Crippen LogP contribution in [0, 0.1) is 11.3 Å². The van der Waals surface area contributed by atoms with Crippen molar-refractivity contribution in [2.75, 3.05) is 5.32 Å². The van der Waals surface area contributed by atoms with E-state index in [9.17, 15) is 15.2 Å². The topological polar surface area (TPSA) is 82.3 Å². The fraction of sp³-hybridized carbons (Fsp3) is 0.0435. The number of carbonyl (C=O) groups excluding carboxylic acids is 1. The van der Waals surface area contributed by atoms with Crippen molar-refractivity contribution < 1.29 is 14.6 Å². The second kappa shape index (κ2) is 10.1. The molecular weight excluding hydrogens is 512 g/mol. The second-order valence-corrected chi connectivity index (χ2v) is 7.95. The number of nitriles is 1. The van der Waals surface area contributed by atoms with Crippen LogP contribution in [-0.4, -0.2) is 11.0 Å². The zero-order chi connectivity index (χ0) is 21.5. The Hall–Kier alpha value is -3.08. The van der Waals surface area contributed by atoms with E-state index in [4.69, 9.17) is 4.74 Å². The lowest BCUT2D eigenvalue weighted by Crippen LogP contribution is -2.13. The quantitative estimate of drug-likeness (QED) is 0.232. The number of amides is 1. The smallest absolute Gasteiger partial charge is 0.266 e. The van der Waals surface area contributed by atoms with E-state index >= 15 is 0 Å². The summed E-state index contributed by atoms with van der Waals surface area (Å²) >= 11 is 6.97. The Kier molecular flexibility index (Phi) is 7.28. The van der Waals surface area contributed by atoms with Gasteiger partial charge in [-0.3, -0.25) is 4.79 Å². The Balaban J connectivity index is 1.71. The van der Waals surface area contributed by atoms with Gasteiger partial charge in [-0.05, 0) is 70.0 Å². The van der Waals surface area contributed by atoms with E-state index in [1.54, 1.807) is 30.3 Å². The van der Waals surface area contributed by atoms with Crippen LogP contribution < -0.4 is 10.1 Å². The van der Waals surface area contributed by atoms with Gasteiger partial charge in [-0.25, -0.2) is 0 Å². The first-order valence-corrected chi connectivity index (χ1v) is 10.4. The van der Waals surface area contributed by atoms with Gasteiger partial charge in [0.15, 0.2) is 0 Å². The maximum Gasteiger partial charge on any atom is 0.266 e. The number of ether oxygens (including phenoxy) is 1. The third-order valence-corrected chi connectivity index (χ3v) is 5.49. The van der Waals surface area contributed by atoms with Crippen LogP contribution in [-0.2, 0) is 11.4 Å². The number of anilines is 1. The molecule has 3 rings (SSSR count). The van der Waals surface area contributed by atoms with Crippen molar-refractivity contribution >= 4 is 49.5 Å². The van der Waals surface area contributed by atoms with Gasteiger partial charge in [0.05, 0.1) is 4.47 Å². The first-order chi connectivity index (χ1) is 14.5. The lowest BCUT2D eigenvalue weighted by atomic mass is 10.1. The van der Waals surface area contributed by atoms with Crippen LogP contribution in [0.1, 0.15) is 11.1 Å². The molecule has 1 amide bonds. The Bertz CT molecular complexity index is 1140. The van der Waals surface area contributed by atoms with Gasteiger partial charge in [0.25, 0.3) is 5.91 Å². The van der Waals surface area contributed by atoms with Gasteiger partial charge in [-0.2, -0.15) is 5.26 Å². The molecule has 0 aliphatic carbocycles. The Morgan fingerprint density at radius 3 is 2.47 bits per heavy atom. The Morgan fingerprint density at radius 1 is 1.07 bits per heavy atom. The number of nitrogens with zero attached hydrogens (tertiary/aromatic N) is 1. The highest BCUT2D eigenvalue weighted by molar-refractivity contribution is 9.10. The second-order valence-electron chi connectivity index (χ2n) is 6.24. The van der Waals surface area contributed by atoms with Gasteiger partial charge in [0.1, 0.15) is 29.7 Å². The van der Waals surface area contributed by atoms with Gasteiger partial charge in [-0.1, -0.05) is 40.2 Å². The summed E-state index contributed by atoms with van der Waals surface area (Å²) in [7, 11) is 0. The van der Waals surface area contributed by atoms with Crippen LogP contribution in [0.3, 0.4) is 0 Å². The van der Waals surface area contributed by atoms with Crippen molar-refractivity contribution in [3.63, 3.8) is 0 Å². The Morgan fingerprint density at radius 2 is 1.80 bits per heavy atom. The summed E-state index contributed by atoms with van der Waals surface area (Å²) in [6.45, 7) is 0.397. The van der Waals surface area contributed by atoms with E-state index in [1.807, 2.05) is 30.3 Å². The van der Waals surface area contributed by atoms with Gasteiger partial charge < -0.3 is 15.2 Å². The molecule has 3 aromatic rings. The molecule has 0 radical (unpaired) electrons. The van der Waals surface area contributed by atoms with Gasteiger partial charge in [-0.15, -0.1) is 0 Å². The van der Waals surface area contributed by atoms with E-state index < -0.39 is 5.91 Å². The minimum absolute atomic E-state index is 0.0446. The molecule has 3 aromatic carbocycles. The van der Waals surface area contributed by atoms with E-state index in [0.717, 1.165) is 10.0 Å². The maximum absolute atomic E-state index is 12.4.